The van der Waals surface area contributed by atoms with Crippen molar-refractivity contribution >= 4 is 11.8 Å². The van der Waals surface area contributed by atoms with Crippen LogP contribution in [0.25, 0.3) is 0 Å². The normalized spacial score (nSPS) is 21.2. The lowest BCUT2D eigenvalue weighted by atomic mass is 9.93. The summed E-state index contributed by atoms with van der Waals surface area (Å²) in [4.78, 5) is 0. The Labute approximate surface area is 115 Å². The van der Waals surface area contributed by atoms with Crippen molar-refractivity contribution in [3.8, 4) is 0 Å². The van der Waals surface area contributed by atoms with Crippen molar-refractivity contribution in [1.82, 2.24) is 5.43 Å². The molecule has 2 rings (SSSR count). The van der Waals surface area contributed by atoms with Gasteiger partial charge >= 0.3 is 0 Å². The van der Waals surface area contributed by atoms with Crippen LogP contribution in [-0.4, -0.2) is 17.0 Å². The van der Waals surface area contributed by atoms with Crippen LogP contribution >= 0.6 is 11.8 Å². The van der Waals surface area contributed by atoms with Gasteiger partial charge in [-0.15, -0.1) is 0 Å². The van der Waals surface area contributed by atoms with Crippen molar-refractivity contribution in [1.29, 1.82) is 0 Å². The Hall–Kier alpha value is -0.510. The number of benzene rings is 1. The Balaban J connectivity index is 2.16. The fourth-order valence-electron chi connectivity index (χ4n) is 2.97. The number of hydrazine groups is 1. The molecule has 100 valence electrons. The number of hydrogen-bond donors (Lipinski definition) is 2. The van der Waals surface area contributed by atoms with Gasteiger partial charge in [0.1, 0.15) is 0 Å². The van der Waals surface area contributed by atoms with Gasteiger partial charge in [-0.25, -0.2) is 0 Å². The van der Waals surface area contributed by atoms with Crippen molar-refractivity contribution in [2.75, 3.05) is 5.75 Å². The van der Waals surface area contributed by atoms with Gasteiger partial charge in [-0.1, -0.05) is 17.7 Å². The molecule has 1 aromatic rings. The predicted octanol–water partition coefficient (Wildman–Crippen LogP) is 2.88. The van der Waals surface area contributed by atoms with E-state index < -0.39 is 0 Å². The highest BCUT2D eigenvalue weighted by atomic mass is 32.2. The van der Waals surface area contributed by atoms with Crippen LogP contribution in [0.1, 0.15) is 35.1 Å². The standard InChI is InChI=1S/C15H24N2S/c1-10-7-11(2)13(12(3)8-10)9-14(17-16)15-5-4-6-18-15/h7-8,14-15,17H,4-6,9,16H2,1-3H3. The first kappa shape index (κ1) is 13.9. The number of thioether (sulfide) groups is 1. The van der Waals surface area contributed by atoms with Crippen molar-refractivity contribution in [3.05, 3.63) is 34.4 Å². The number of nitrogens with two attached hydrogens (primary N) is 1. The number of aryl methyl sites for hydroxylation is 3. The van der Waals surface area contributed by atoms with E-state index in [1.165, 1.54) is 40.8 Å². The lowest BCUT2D eigenvalue weighted by molar-refractivity contribution is 0.494. The third-order valence-corrected chi connectivity index (χ3v) is 5.41. The molecule has 0 aliphatic carbocycles. The first-order chi connectivity index (χ1) is 8.61. The maximum atomic E-state index is 5.77. The summed E-state index contributed by atoms with van der Waals surface area (Å²) in [5.41, 5.74) is 8.66. The molecular weight excluding hydrogens is 240 g/mol. The summed E-state index contributed by atoms with van der Waals surface area (Å²) in [6.45, 7) is 6.59. The van der Waals surface area contributed by atoms with E-state index in [1.807, 2.05) is 0 Å². The molecule has 0 radical (unpaired) electrons. The van der Waals surface area contributed by atoms with Crippen LogP contribution in [-0.2, 0) is 6.42 Å². The van der Waals surface area contributed by atoms with E-state index in [4.69, 9.17) is 5.84 Å². The van der Waals surface area contributed by atoms with E-state index in [1.54, 1.807) is 0 Å². The summed E-state index contributed by atoms with van der Waals surface area (Å²) in [6.07, 6.45) is 3.68. The largest absolute Gasteiger partial charge is 0.271 e. The maximum Gasteiger partial charge on any atom is 0.0369 e. The molecule has 2 unspecified atom stereocenters. The average Bonchev–Trinajstić information content (AvgIpc) is 2.81. The highest BCUT2D eigenvalue weighted by Crippen LogP contribution is 2.31. The van der Waals surface area contributed by atoms with E-state index in [-0.39, 0.29) is 0 Å². The second kappa shape index (κ2) is 6.09. The molecule has 0 bridgehead atoms. The Bertz CT molecular complexity index is 388. The fourth-order valence-corrected chi connectivity index (χ4v) is 4.35. The zero-order chi connectivity index (χ0) is 13.1. The summed E-state index contributed by atoms with van der Waals surface area (Å²) in [5.74, 6) is 7.05. The van der Waals surface area contributed by atoms with E-state index in [0.29, 0.717) is 11.3 Å². The summed E-state index contributed by atoms with van der Waals surface area (Å²) in [5, 5.41) is 0.676. The number of nitrogens with one attached hydrogen (secondary N) is 1. The monoisotopic (exact) mass is 264 g/mol. The van der Waals surface area contributed by atoms with Crippen LogP contribution in [0.5, 0.6) is 0 Å². The SMILES string of the molecule is Cc1cc(C)c(CC(NN)C2CCCS2)c(C)c1. The minimum absolute atomic E-state index is 0.401. The number of hydrogen-bond acceptors (Lipinski definition) is 3. The van der Waals surface area contributed by atoms with Crippen LogP contribution in [0.15, 0.2) is 12.1 Å². The van der Waals surface area contributed by atoms with Crippen molar-refractivity contribution in [3.63, 3.8) is 0 Å². The molecular formula is C15H24N2S. The van der Waals surface area contributed by atoms with E-state index in [9.17, 15) is 0 Å². The Morgan fingerprint density at radius 1 is 1.33 bits per heavy atom. The molecule has 1 saturated heterocycles. The minimum Gasteiger partial charge on any atom is -0.271 e. The van der Waals surface area contributed by atoms with Gasteiger partial charge in [-0.05, 0) is 62.5 Å². The number of rotatable bonds is 4. The first-order valence-corrected chi connectivity index (χ1v) is 7.81. The molecule has 0 aromatic heterocycles. The Morgan fingerprint density at radius 3 is 2.50 bits per heavy atom. The molecule has 1 aliphatic heterocycles. The molecule has 1 aliphatic rings. The lowest BCUT2D eigenvalue weighted by Gasteiger charge is -2.24. The van der Waals surface area contributed by atoms with Crippen LogP contribution in [0.3, 0.4) is 0 Å². The summed E-state index contributed by atoms with van der Waals surface area (Å²) >= 11 is 2.07. The van der Waals surface area contributed by atoms with Gasteiger partial charge in [-0.3, -0.25) is 11.3 Å². The summed E-state index contributed by atoms with van der Waals surface area (Å²) < 4.78 is 0. The fraction of sp³-hybridized carbons (Fsp3) is 0.600. The van der Waals surface area contributed by atoms with Crippen LogP contribution in [0, 0.1) is 20.8 Å². The predicted molar refractivity (Wildman–Crippen MR) is 80.9 cm³/mol. The Kier molecular flexibility index (Phi) is 4.71. The third-order valence-electron chi connectivity index (χ3n) is 3.89. The Morgan fingerprint density at radius 2 is 2.00 bits per heavy atom. The van der Waals surface area contributed by atoms with Crippen LogP contribution in [0.4, 0.5) is 0 Å². The smallest absolute Gasteiger partial charge is 0.0369 e. The lowest BCUT2D eigenvalue weighted by Crippen LogP contribution is -2.43. The quantitative estimate of drug-likeness (QED) is 0.649. The molecule has 3 N–H and O–H groups in total. The second-order valence-electron chi connectivity index (χ2n) is 5.41. The first-order valence-electron chi connectivity index (χ1n) is 6.76. The van der Waals surface area contributed by atoms with E-state index >= 15 is 0 Å². The van der Waals surface area contributed by atoms with Gasteiger partial charge in [0.05, 0.1) is 0 Å². The van der Waals surface area contributed by atoms with Gasteiger partial charge in [0.2, 0.25) is 0 Å². The van der Waals surface area contributed by atoms with Gasteiger partial charge in [0, 0.05) is 11.3 Å². The van der Waals surface area contributed by atoms with Crippen molar-refractivity contribution in [2.24, 2.45) is 5.84 Å². The second-order valence-corrected chi connectivity index (χ2v) is 6.75. The zero-order valence-corrected chi connectivity index (χ0v) is 12.4. The summed E-state index contributed by atoms with van der Waals surface area (Å²) in [7, 11) is 0. The topological polar surface area (TPSA) is 38.0 Å². The van der Waals surface area contributed by atoms with Gasteiger partial charge in [-0.2, -0.15) is 11.8 Å². The van der Waals surface area contributed by atoms with Crippen molar-refractivity contribution in [2.45, 2.75) is 51.3 Å². The van der Waals surface area contributed by atoms with Gasteiger partial charge < -0.3 is 0 Å². The molecule has 2 atom stereocenters. The molecule has 18 heavy (non-hydrogen) atoms. The summed E-state index contributed by atoms with van der Waals surface area (Å²) in [6, 6.07) is 4.95. The molecule has 0 amide bonds. The molecule has 0 saturated carbocycles. The molecule has 1 heterocycles. The highest BCUT2D eigenvalue weighted by molar-refractivity contribution is 8.00. The molecule has 1 aromatic carbocycles. The minimum atomic E-state index is 0.401. The maximum absolute atomic E-state index is 5.77. The van der Waals surface area contributed by atoms with Crippen LogP contribution < -0.4 is 11.3 Å². The van der Waals surface area contributed by atoms with E-state index in [0.717, 1.165) is 6.42 Å². The molecule has 1 fully saturated rings. The molecule has 0 spiro atoms. The van der Waals surface area contributed by atoms with Gasteiger partial charge in [0.15, 0.2) is 0 Å². The molecule has 2 nitrogen and oxygen atoms in total. The highest BCUT2D eigenvalue weighted by Gasteiger charge is 2.25. The zero-order valence-electron chi connectivity index (χ0n) is 11.6. The van der Waals surface area contributed by atoms with E-state index in [2.05, 4.69) is 50.1 Å². The van der Waals surface area contributed by atoms with Crippen LogP contribution in [0.2, 0.25) is 0 Å². The average molecular weight is 264 g/mol. The van der Waals surface area contributed by atoms with Gasteiger partial charge in [0.25, 0.3) is 0 Å². The third kappa shape index (κ3) is 3.08. The molecule has 3 heteroatoms. The van der Waals surface area contributed by atoms with Crippen molar-refractivity contribution < 1.29 is 0 Å².